The molecule has 0 aliphatic carbocycles. The first-order valence-electron chi connectivity index (χ1n) is 5.92. The summed E-state index contributed by atoms with van der Waals surface area (Å²) in [6, 6.07) is 3.06. The van der Waals surface area contributed by atoms with E-state index in [2.05, 4.69) is 19.7 Å². The summed E-state index contributed by atoms with van der Waals surface area (Å²) in [5.41, 5.74) is 0.551. The zero-order valence-corrected chi connectivity index (χ0v) is 12.2. The fourth-order valence-corrected chi connectivity index (χ4v) is 4.04. The first-order valence-corrected chi connectivity index (χ1v) is 8.28. The molecular formula is C12H12N4O2S2. The summed E-state index contributed by atoms with van der Waals surface area (Å²) in [7, 11) is -3.62. The van der Waals surface area contributed by atoms with Crippen LogP contribution in [0.5, 0.6) is 0 Å². The Morgan fingerprint density at radius 3 is 2.95 bits per heavy atom. The van der Waals surface area contributed by atoms with E-state index in [1.54, 1.807) is 31.5 Å². The van der Waals surface area contributed by atoms with E-state index in [4.69, 9.17) is 0 Å². The molecule has 3 aromatic rings. The molecule has 0 fully saturated rings. The van der Waals surface area contributed by atoms with Gasteiger partial charge in [0.25, 0.3) is 0 Å². The second-order valence-corrected chi connectivity index (χ2v) is 6.87. The van der Waals surface area contributed by atoms with E-state index < -0.39 is 10.0 Å². The maximum Gasteiger partial charge on any atom is 0.243 e. The summed E-state index contributed by atoms with van der Waals surface area (Å²) in [5, 5.41) is 3.12. The van der Waals surface area contributed by atoms with Gasteiger partial charge in [0.2, 0.25) is 10.0 Å². The highest BCUT2D eigenvalue weighted by atomic mass is 32.2. The third kappa shape index (κ3) is 2.33. The Labute approximate surface area is 119 Å². The molecule has 6 nitrogen and oxygen atoms in total. The van der Waals surface area contributed by atoms with E-state index in [-0.39, 0.29) is 10.9 Å². The van der Waals surface area contributed by atoms with E-state index in [0.29, 0.717) is 11.0 Å². The fraction of sp³-hybridized carbons (Fsp3) is 0.167. The molecule has 3 heterocycles. The Hall–Kier alpha value is -1.77. The van der Waals surface area contributed by atoms with Crippen molar-refractivity contribution in [1.29, 1.82) is 0 Å². The molecule has 0 saturated heterocycles. The van der Waals surface area contributed by atoms with Crippen LogP contribution in [0.2, 0.25) is 0 Å². The maximum absolute atomic E-state index is 12.4. The summed E-state index contributed by atoms with van der Waals surface area (Å²) >= 11 is 1.41. The molecule has 1 atom stereocenters. The van der Waals surface area contributed by atoms with E-state index in [9.17, 15) is 8.42 Å². The second kappa shape index (κ2) is 4.97. The van der Waals surface area contributed by atoms with Crippen LogP contribution < -0.4 is 4.72 Å². The second-order valence-electron chi connectivity index (χ2n) is 4.27. The molecule has 0 spiro atoms. The van der Waals surface area contributed by atoms with Crippen LogP contribution in [0.15, 0.2) is 41.0 Å². The molecule has 3 aromatic heterocycles. The van der Waals surface area contributed by atoms with Gasteiger partial charge in [-0.3, -0.25) is 0 Å². The third-order valence-electron chi connectivity index (χ3n) is 2.86. The predicted octanol–water partition coefficient (Wildman–Crippen LogP) is 2.06. The minimum Gasteiger partial charge on any atom is -0.345 e. The molecule has 2 N–H and O–H groups in total. The predicted molar refractivity (Wildman–Crippen MR) is 76.9 cm³/mol. The van der Waals surface area contributed by atoms with E-state index in [0.717, 1.165) is 5.01 Å². The average Bonchev–Trinajstić information content (AvgIpc) is 3.08. The molecule has 0 aliphatic rings. The largest absolute Gasteiger partial charge is 0.345 e. The summed E-state index contributed by atoms with van der Waals surface area (Å²) in [6.07, 6.45) is 4.72. The third-order valence-corrected chi connectivity index (χ3v) is 5.40. The Morgan fingerprint density at radius 2 is 2.20 bits per heavy atom. The molecule has 0 amide bonds. The number of pyridine rings is 1. The van der Waals surface area contributed by atoms with Crippen LogP contribution in [0.3, 0.4) is 0 Å². The van der Waals surface area contributed by atoms with Gasteiger partial charge >= 0.3 is 0 Å². The molecular weight excluding hydrogens is 296 g/mol. The van der Waals surface area contributed by atoms with Gasteiger partial charge in [0.05, 0.1) is 6.04 Å². The van der Waals surface area contributed by atoms with E-state index in [1.807, 2.05) is 5.38 Å². The Kier molecular flexibility index (Phi) is 3.28. The van der Waals surface area contributed by atoms with Crippen molar-refractivity contribution in [2.75, 3.05) is 0 Å². The molecule has 20 heavy (non-hydrogen) atoms. The standard InChI is InChI=1S/C12H12N4O2S2/c1-8(12-14-5-6-19-12)16-20(17,18)10-7-15-11-9(10)3-2-4-13-11/h2-8,16H,1H3,(H,13,15)/t8-/m1/s1. The number of nitrogens with one attached hydrogen (secondary N) is 2. The van der Waals surface area contributed by atoms with Crippen LogP contribution in [-0.4, -0.2) is 23.4 Å². The van der Waals surface area contributed by atoms with Gasteiger partial charge in [0, 0.05) is 29.4 Å². The number of H-pyrrole nitrogens is 1. The molecule has 0 aromatic carbocycles. The molecule has 8 heteroatoms. The van der Waals surface area contributed by atoms with Crippen molar-refractivity contribution in [3.05, 3.63) is 41.1 Å². The number of hydrogen-bond acceptors (Lipinski definition) is 5. The van der Waals surface area contributed by atoms with Gasteiger partial charge in [-0.05, 0) is 19.1 Å². The van der Waals surface area contributed by atoms with Crippen molar-refractivity contribution in [2.24, 2.45) is 0 Å². The monoisotopic (exact) mass is 308 g/mol. The van der Waals surface area contributed by atoms with Crippen molar-refractivity contribution in [3.8, 4) is 0 Å². The first-order chi connectivity index (χ1) is 9.58. The van der Waals surface area contributed by atoms with Gasteiger partial charge in [-0.15, -0.1) is 11.3 Å². The maximum atomic E-state index is 12.4. The Bertz CT molecular complexity index is 824. The molecule has 0 radical (unpaired) electrons. The van der Waals surface area contributed by atoms with Gasteiger partial charge in [-0.2, -0.15) is 0 Å². The van der Waals surface area contributed by atoms with Crippen molar-refractivity contribution in [2.45, 2.75) is 17.9 Å². The zero-order valence-electron chi connectivity index (χ0n) is 10.6. The molecule has 0 saturated carbocycles. The van der Waals surface area contributed by atoms with Crippen molar-refractivity contribution in [1.82, 2.24) is 19.7 Å². The number of thiazole rings is 1. The van der Waals surface area contributed by atoms with Crippen LogP contribution in [-0.2, 0) is 10.0 Å². The fourth-order valence-electron chi connectivity index (χ4n) is 1.95. The van der Waals surface area contributed by atoms with Gasteiger partial charge in [-0.25, -0.2) is 23.1 Å². The van der Waals surface area contributed by atoms with Crippen LogP contribution in [0.25, 0.3) is 11.0 Å². The molecule has 0 unspecified atom stereocenters. The molecule has 0 aliphatic heterocycles. The average molecular weight is 308 g/mol. The summed E-state index contributed by atoms with van der Waals surface area (Å²) in [5.74, 6) is 0. The van der Waals surface area contributed by atoms with Crippen LogP contribution >= 0.6 is 11.3 Å². The van der Waals surface area contributed by atoms with Crippen LogP contribution in [0.1, 0.15) is 18.0 Å². The van der Waals surface area contributed by atoms with Crippen LogP contribution in [0, 0.1) is 0 Å². The highest BCUT2D eigenvalue weighted by Gasteiger charge is 2.23. The quantitative estimate of drug-likeness (QED) is 0.772. The number of hydrogen-bond donors (Lipinski definition) is 2. The summed E-state index contributed by atoms with van der Waals surface area (Å²) < 4.78 is 27.5. The number of sulfonamides is 1. The lowest BCUT2D eigenvalue weighted by Crippen LogP contribution is -2.26. The lowest BCUT2D eigenvalue weighted by atomic mass is 10.3. The van der Waals surface area contributed by atoms with Gasteiger partial charge in [0.1, 0.15) is 15.6 Å². The number of aromatic nitrogens is 3. The van der Waals surface area contributed by atoms with Crippen molar-refractivity contribution >= 4 is 32.4 Å². The number of nitrogens with zero attached hydrogens (tertiary/aromatic N) is 2. The Balaban J connectivity index is 1.96. The lowest BCUT2D eigenvalue weighted by molar-refractivity contribution is 0.567. The SMILES string of the molecule is C[C@@H](NS(=O)(=O)c1c[nH]c2ncccc12)c1nccs1. The molecule has 3 rings (SSSR count). The summed E-state index contributed by atoms with van der Waals surface area (Å²) in [4.78, 5) is 11.3. The zero-order chi connectivity index (χ0) is 14.2. The van der Waals surface area contributed by atoms with E-state index in [1.165, 1.54) is 17.5 Å². The first kappa shape index (κ1) is 13.2. The normalized spacial score (nSPS) is 13.7. The lowest BCUT2D eigenvalue weighted by Gasteiger charge is -2.11. The minimum atomic E-state index is -3.62. The van der Waals surface area contributed by atoms with Crippen molar-refractivity contribution in [3.63, 3.8) is 0 Å². The molecule has 104 valence electrons. The van der Waals surface area contributed by atoms with Crippen molar-refractivity contribution < 1.29 is 8.42 Å². The van der Waals surface area contributed by atoms with Crippen LogP contribution in [0.4, 0.5) is 0 Å². The highest BCUT2D eigenvalue weighted by molar-refractivity contribution is 7.89. The van der Waals surface area contributed by atoms with Gasteiger partial charge < -0.3 is 4.98 Å². The highest BCUT2D eigenvalue weighted by Crippen LogP contribution is 2.23. The van der Waals surface area contributed by atoms with Gasteiger partial charge in [0.15, 0.2) is 0 Å². The number of rotatable bonds is 4. The number of aromatic amines is 1. The molecule has 0 bridgehead atoms. The Morgan fingerprint density at radius 1 is 1.35 bits per heavy atom. The minimum absolute atomic E-state index is 0.198. The smallest absolute Gasteiger partial charge is 0.243 e. The summed E-state index contributed by atoms with van der Waals surface area (Å²) in [6.45, 7) is 1.77. The number of fused-ring (bicyclic) bond motifs is 1. The van der Waals surface area contributed by atoms with E-state index >= 15 is 0 Å². The topological polar surface area (TPSA) is 87.7 Å². The van der Waals surface area contributed by atoms with Gasteiger partial charge in [-0.1, -0.05) is 0 Å².